The van der Waals surface area contributed by atoms with E-state index in [0.717, 1.165) is 19.5 Å². The molecule has 0 radical (unpaired) electrons. The van der Waals surface area contributed by atoms with Gasteiger partial charge in [0.15, 0.2) is 0 Å². The lowest BCUT2D eigenvalue weighted by molar-refractivity contribution is 0.148. The van der Waals surface area contributed by atoms with Crippen LogP contribution in [0.5, 0.6) is 0 Å². The normalized spacial score (nSPS) is 13.9. The van der Waals surface area contributed by atoms with Crippen molar-refractivity contribution in [2.45, 2.75) is 59.0 Å². The van der Waals surface area contributed by atoms with Gasteiger partial charge in [-0.15, -0.1) is 0 Å². The Balaban J connectivity index is 4.26. The van der Waals surface area contributed by atoms with Crippen molar-refractivity contribution >= 4 is 0 Å². The summed E-state index contributed by atoms with van der Waals surface area (Å²) in [7, 11) is 1.92. The summed E-state index contributed by atoms with van der Waals surface area (Å²) in [5.74, 6) is 0.706. The molecular weight excluding hydrogens is 212 g/mol. The number of hydrogen-bond donors (Lipinski definition) is 2. The van der Waals surface area contributed by atoms with Crippen LogP contribution >= 0.6 is 0 Å². The van der Waals surface area contributed by atoms with Gasteiger partial charge < -0.3 is 15.3 Å². The smallest absolute Gasteiger partial charge is 0.0585 e. The average molecular weight is 244 g/mol. The van der Waals surface area contributed by atoms with Crippen LogP contribution in [0.3, 0.4) is 0 Å². The summed E-state index contributed by atoms with van der Waals surface area (Å²) in [6.07, 6.45) is 3.45. The zero-order valence-electron chi connectivity index (χ0n) is 12.4. The maximum absolute atomic E-state index is 9.19. The first kappa shape index (κ1) is 16.9. The van der Waals surface area contributed by atoms with Gasteiger partial charge in [0.1, 0.15) is 0 Å². The lowest BCUT2D eigenvalue weighted by atomic mass is 10.1. The fourth-order valence-corrected chi connectivity index (χ4v) is 2.35. The Labute approximate surface area is 108 Å². The predicted molar refractivity (Wildman–Crippen MR) is 75.3 cm³/mol. The quantitative estimate of drug-likeness (QED) is 0.618. The zero-order chi connectivity index (χ0) is 13.3. The van der Waals surface area contributed by atoms with Crippen LogP contribution < -0.4 is 5.32 Å². The number of nitrogens with zero attached hydrogens (tertiary/aromatic N) is 1. The van der Waals surface area contributed by atoms with Gasteiger partial charge in [0.05, 0.1) is 6.61 Å². The van der Waals surface area contributed by atoms with E-state index < -0.39 is 0 Å². The van der Waals surface area contributed by atoms with Crippen molar-refractivity contribution in [2.24, 2.45) is 5.92 Å². The number of aliphatic hydroxyl groups excluding tert-OH is 1. The molecule has 2 N–H and O–H groups in total. The molecule has 0 aromatic carbocycles. The molecule has 0 saturated carbocycles. The van der Waals surface area contributed by atoms with E-state index in [1.807, 2.05) is 7.05 Å². The number of nitrogens with one attached hydrogen (secondary N) is 1. The van der Waals surface area contributed by atoms with Crippen molar-refractivity contribution < 1.29 is 5.11 Å². The van der Waals surface area contributed by atoms with Crippen LogP contribution in [0, 0.1) is 5.92 Å². The molecule has 0 aromatic rings. The maximum atomic E-state index is 9.19. The molecule has 3 heteroatoms. The Morgan fingerprint density at radius 1 is 1.18 bits per heavy atom. The van der Waals surface area contributed by atoms with Crippen LogP contribution in [0.1, 0.15) is 47.0 Å². The predicted octanol–water partition coefficient (Wildman–Crippen LogP) is 2.10. The van der Waals surface area contributed by atoms with Crippen LogP contribution in [0.25, 0.3) is 0 Å². The fourth-order valence-electron chi connectivity index (χ4n) is 2.35. The van der Waals surface area contributed by atoms with E-state index in [1.165, 1.54) is 12.8 Å². The van der Waals surface area contributed by atoms with E-state index in [2.05, 4.69) is 37.9 Å². The van der Waals surface area contributed by atoms with Gasteiger partial charge in [0.25, 0.3) is 0 Å². The van der Waals surface area contributed by atoms with E-state index in [-0.39, 0.29) is 12.6 Å². The first-order valence-electron chi connectivity index (χ1n) is 7.11. The molecule has 17 heavy (non-hydrogen) atoms. The minimum absolute atomic E-state index is 0.231. The molecule has 0 bridgehead atoms. The molecule has 0 aliphatic rings. The van der Waals surface area contributed by atoms with Gasteiger partial charge in [0.2, 0.25) is 0 Å². The first-order chi connectivity index (χ1) is 8.08. The van der Waals surface area contributed by atoms with Crippen molar-refractivity contribution in [1.82, 2.24) is 10.2 Å². The molecule has 0 saturated heterocycles. The SMILES string of the molecule is CCC(CC)N(CCC(CO)NC)CC(C)C. The number of aliphatic hydroxyl groups is 1. The summed E-state index contributed by atoms with van der Waals surface area (Å²) in [5.41, 5.74) is 0. The Hall–Kier alpha value is -0.120. The lowest BCUT2D eigenvalue weighted by Crippen LogP contribution is -2.41. The summed E-state index contributed by atoms with van der Waals surface area (Å²) in [4.78, 5) is 2.59. The summed E-state index contributed by atoms with van der Waals surface area (Å²) in [5, 5.41) is 12.4. The van der Waals surface area contributed by atoms with Gasteiger partial charge in [-0.1, -0.05) is 27.7 Å². The summed E-state index contributed by atoms with van der Waals surface area (Å²) in [6, 6.07) is 0.924. The third kappa shape index (κ3) is 7.02. The first-order valence-corrected chi connectivity index (χ1v) is 7.11. The van der Waals surface area contributed by atoms with Crippen molar-refractivity contribution in [3.05, 3.63) is 0 Å². The van der Waals surface area contributed by atoms with E-state index in [1.54, 1.807) is 0 Å². The van der Waals surface area contributed by atoms with Gasteiger partial charge in [0, 0.05) is 25.2 Å². The highest BCUT2D eigenvalue weighted by molar-refractivity contribution is 4.73. The minimum Gasteiger partial charge on any atom is -0.395 e. The van der Waals surface area contributed by atoms with Gasteiger partial charge in [-0.25, -0.2) is 0 Å². The van der Waals surface area contributed by atoms with Gasteiger partial charge >= 0.3 is 0 Å². The second kappa shape index (κ2) is 9.86. The van der Waals surface area contributed by atoms with E-state index in [4.69, 9.17) is 0 Å². The lowest BCUT2D eigenvalue weighted by Gasteiger charge is -2.33. The molecule has 1 unspecified atom stereocenters. The van der Waals surface area contributed by atoms with E-state index >= 15 is 0 Å². The molecule has 3 nitrogen and oxygen atoms in total. The van der Waals surface area contributed by atoms with Crippen LogP contribution in [0.2, 0.25) is 0 Å². The van der Waals surface area contributed by atoms with Crippen LogP contribution in [0.4, 0.5) is 0 Å². The Bertz CT molecular complexity index is 166. The Kier molecular flexibility index (Phi) is 9.79. The molecule has 1 atom stereocenters. The standard InChI is InChI=1S/C14H32N2O/c1-6-14(7-2)16(10-12(3)4)9-8-13(11-17)15-5/h12-15,17H,6-11H2,1-5H3. The second-order valence-electron chi connectivity index (χ2n) is 5.32. The highest BCUT2D eigenvalue weighted by atomic mass is 16.3. The van der Waals surface area contributed by atoms with Gasteiger partial charge in [-0.05, 0) is 32.2 Å². The fraction of sp³-hybridized carbons (Fsp3) is 1.00. The van der Waals surface area contributed by atoms with Crippen molar-refractivity contribution in [3.63, 3.8) is 0 Å². The molecule has 104 valence electrons. The minimum atomic E-state index is 0.231. The van der Waals surface area contributed by atoms with Crippen LogP contribution in [0.15, 0.2) is 0 Å². The van der Waals surface area contributed by atoms with Crippen molar-refractivity contribution in [3.8, 4) is 0 Å². The zero-order valence-corrected chi connectivity index (χ0v) is 12.4. The molecule has 0 aromatic heterocycles. The van der Waals surface area contributed by atoms with E-state index in [9.17, 15) is 5.11 Å². The highest BCUT2D eigenvalue weighted by Crippen LogP contribution is 2.12. The molecule has 0 spiro atoms. The maximum Gasteiger partial charge on any atom is 0.0585 e. The van der Waals surface area contributed by atoms with Crippen LogP contribution in [-0.2, 0) is 0 Å². The molecule has 0 aliphatic carbocycles. The number of hydrogen-bond acceptors (Lipinski definition) is 3. The molecular formula is C14H32N2O. The Morgan fingerprint density at radius 3 is 2.12 bits per heavy atom. The Morgan fingerprint density at radius 2 is 1.76 bits per heavy atom. The largest absolute Gasteiger partial charge is 0.395 e. The molecule has 0 rings (SSSR count). The molecule has 0 aliphatic heterocycles. The summed E-state index contributed by atoms with van der Waals surface area (Å²) < 4.78 is 0. The molecule has 0 amide bonds. The van der Waals surface area contributed by atoms with Crippen molar-refractivity contribution in [2.75, 3.05) is 26.7 Å². The molecule has 0 heterocycles. The number of rotatable bonds is 10. The highest BCUT2D eigenvalue weighted by Gasteiger charge is 2.17. The van der Waals surface area contributed by atoms with Crippen LogP contribution in [-0.4, -0.2) is 48.8 Å². The van der Waals surface area contributed by atoms with E-state index in [0.29, 0.717) is 12.0 Å². The summed E-state index contributed by atoms with van der Waals surface area (Å²) >= 11 is 0. The summed E-state index contributed by atoms with van der Waals surface area (Å²) in [6.45, 7) is 11.6. The topological polar surface area (TPSA) is 35.5 Å². The van der Waals surface area contributed by atoms with Gasteiger partial charge in [-0.2, -0.15) is 0 Å². The number of likely N-dealkylation sites (N-methyl/N-ethyl adjacent to an activating group) is 1. The second-order valence-corrected chi connectivity index (χ2v) is 5.32. The molecule has 0 fully saturated rings. The monoisotopic (exact) mass is 244 g/mol. The third-order valence-electron chi connectivity index (χ3n) is 3.45. The third-order valence-corrected chi connectivity index (χ3v) is 3.45. The van der Waals surface area contributed by atoms with Gasteiger partial charge in [-0.3, -0.25) is 0 Å². The average Bonchev–Trinajstić information content (AvgIpc) is 2.30. The van der Waals surface area contributed by atoms with Crippen molar-refractivity contribution in [1.29, 1.82) is 0 Å².